The molecule has 3 rings (SSSR count). The fraction of sp³-hybridized carbons (Fsp3) is 0.500. The lowest BCUT2D eigenvalue weighted by Gasteiger charge is -2.46. The highest BCUT2D eigenvalue weighted by Gasteiger charge is 2.56. The molecule has 1 aromatic carbocycles. The van der Waals surface area contributed by atoms with Gasteiger partial charge in [-0.25, -0.2) is 4.39 Å². The molecule has 1 saturated carbocycles. The molecule has 112 valence electrons. The summed E-state index contributed by atoms with van der Waals surface area (Å²) in [4.78, 5) is 26.6. The van der Waals surface area contributed by atoms with Crippen LogP contribution >= 0.6 is 0 Å². The maximum absolute atomic E-state index is 13.4. The second-order valence-electron chi connectivity index (χ2n) is 6.17. The molecule has 2 atom stereocenters. The van der Waals surface area contributed by atoms with Crippen LogP contribution in [0.3, 0.4) is 0 Å². The van der Waals surface area contributed by atoms with Gasteiger partial charge in [0.15, 0.2) is 0 Å². The number of rotatable bonds is 3. The van der Waals surface area contributed by atoms with Gasteiger partial charge in [-0.05, 0) is 50.3 Å². The van der Waals surface area contributed by atoms with Crippen molar-refractivity contribution < 1.29 is 14.0 Å². The third-order valence-electron chi connectivity index (χ3n) is 4.61. The van der Waals surface area contributed by atoms with Crippen LogP contribution < -0.4 is 5.32 Å². The second kappa shape index (κ2) is 4.83. The molecule has 1 saturated heterocycles. The van der Waals surface area contributed by atoms with Crippen LogP contribution in [-0.2, 0) is 16.1 Å². The Hall–Kier alpha value is -1.91. The molecule has 4 nitrogen and oxygen atoms in total. The Morgan fingerprint density at radius 2 is 2.10 bits per heavy atom. The summed E-state index contributed by atoms with van der Waals surface area (Å²) >= 11 is 0. The van der Waals surface area contributed by atoms with Crippen LogP contribution in [-0.4, -0.2) is 28.3 Å². The Labute approximate surface area is 123 Å². The van der Waals surface area contributed by atoms with E-state index in [4.69, 9.17) is 0 Å². The van der Waals surface area contributed by atoms with Gasteiger partial charge in [-0.2, -0.15) is 0 Å². The van der Waals surface area contributed by atoms with Gasteiger partial charge in [0, 0.05) is 6.54 Å². The fourth-order valence-electron chi connectivity index (χ4n) is 3.10. The molecule has 21 heavy (non-hydrogen) atoms. The number of hydrogen-bond acceptors (Lipinski definition) is 2. The van der Waals surface area contributed by atoms with Crippen molar-refractivity contribution in [3.63, 3.8) is 0 Å². The van der Waals surface area contributed by atoms with Crippen LogP contribution in [0, 0.1) is 11.7 Å². The second-order valence-corrected chi connectivity index (χ2v) is 6.17. The lowest BCUT2D eigenvalue weighted by atomic mass is 9.88. The van der Waals surface area contributed by atoms with Crippen molar-refractivity contribution >= 4 is 11.8 Å². The maximum atomic E-state index is 13.4. The number of piperazine rings is 1. The number of benzene rings is 1. The third-order valence-corrected chi connectivity index (χ3v) is 4.61. The van der Waals surface area contributed by atoms with Crippen molar-refractivity contribution in [2.24, 2.45) is 5.92 Å². The van der Waals surface area contributed by atoms with E-state index in [0.717, 1.165) is 12.8 Å². The zero-order chi connectivity index (χ0) is 15.2. The number of amides is 2. The Bertz CT molecular complexity index is 600. The molecule has 1 aliphatic heterocycles. The average molecular weight is 290 g/mol. The third kappa shape index (κ3) is 2.30. The van der Waals surface area contributed by atoms with Gasteiger partial charge in [0.05, 0.1) is 0 Å². The lowest BCUT2D eigenvalue weighted by Crippen LogP contribution is -2.69. The number of nitrogens with one attached hydrogen (secondary N) is 1. The van der Waals surface area contributed by atoms with Gasteiger partial charge in [0.1, 0.15) is 17.4 Å². The van der Waals surface area contributed by atoms with Crippen LogP contribution in [0.1, 0.15) is 32.3 Å². The summed E-state index contributed by atoms with van der Waals surface area (Å²) < 4.78 is 13.4. The fourth-order valence-corrected chi connectivity index (χ4v) is 3.10. The molecule has 1 aliphatic carbocycles. The lowest BCUT2D eigenvalue weighted by molar-refractivity contribution is -0.158. The number of hydrogen-bond donors (Lipinski definition) is 1. The molecule has 2 unspecified atom stereocenters. The molecule has 0 spiro atoms. The van der Waals surface area contributed by atoms with E-state index < -0.39 is 11.6 Å². The summed E-state index contributed by atoms with van der Waals surface area (Å²) in [5, 5.41) is 2.76. The highest BCUT2D eigenvalue weighted by molar-refractivity contribution is 5.99. The molecule has 0 radical (unpaired) electrons. The van der Waals surface area contributed by atoms with Crippen molar-refractivity contribution in [2.45, 2.75) is 44.8 Å². The predicted molar refractivity (Wildman–Crippen MR) is 75.7 cm³/mol. The van der Waals surface area contributed by atoms with Crippen molar-refractivity contribution in [1.82, 2.24) is 10.2 Å². The first-order valence-electron chi connectivity index (χ1n) is 7.30. The Morgan fingerprint density at radius 3 is 2.71 bits per heavy atom. The minimum Gasteiger partial charge on any atom is -0.343 e. The van der Waals surface area contributed by atoms with Crippen molar-refractivity contribution in [1.29, 1.82) is 0 Å². The van der Waals surface area contributed by atoms with E-state index in [1.54, 1.807) is 24.0 Å². The molecular weight excluding hydrogens is 271 g/mol. The first-order chi connectivity index (χ1) is 9.92. The Morgan fingerprint density at radius 1 is 1.38 bits per heavy atom. The molecule has 0 bridgehead atoms. The molecular formula is C16H19FN2O2. The summed E-state index contributed by atoms with van der Waals surface area (Å²) in [5.74, 6) is -0.341. The SMILES string of the molecule is CC1NC(=O)C(C)(C2CC2)N(Cc2cccc(F)c2)C1=O. The monoisotopic (exact) mass is 290 g/mol. The van der Waals surface area contributed by atoms with E-state index >= 15 is 0 Å². The highest BCUT2D eigenvalue weighted by atomic mass is 19.1. The van der Waals surface area contributed by atoms with Gasteiger partial charge in [0.2, 0.25) is 11.8 Å². The smallest absolute Gasteiger partial charge is 0.246 e. The average Bonchev–Trinajstić information content (AvgIpc) is 3.26. The van der Waals surface area contributed by atoms with Crippen LogP contribution in [0.5, 0.6) is 0 Å². The van der Waals surface area contributed by atoms with Gasteiger partial charge < -0.3 is 10.2 Å². The molecule has 5 heteroatoms. The normalized spacial score (nSPS) is 29.5. The minimum atomic E-state index is -0.824. The molecule has 1 heterocycles. The van der Waals surface area contributed by atoms with E-state index in [0.29, 0.717) is 5.56 Å². The summed E-state index contributed by atoms with van der Waals surface area (Å²) in [6, 6.07) is 5.66. The summed E-state index contributed by atoms with van der Waals surface area (Å²) in [7, 11) is 0. The number of carbonyl (C=O) groups excluding carboxylic acids is 2. The molecule has 0 aromatic heterocycles. The van der Waals surface area contributed by atoms with Crippen LogP contribution in [0.4, 0.5) is 4.39 Å². The van der Waals surface area contributed by atoms with Crippen molar-refractivity contribution in [2.75, 3.05) is 0 Å². The molecule has 1 aromatic rings. The van der Waals surface area contributed by atoms with E-state index in [1.807, 2.05) is 6.92 Å². The minimum absolute atomic E-state index is 0.103. The van der Waals surface area contributed by atoms with Crippen molar-refractivity contribution in [3.05, 3.63) is 35.6 Å². The van der Waals surface area contributed by atoms with Gasteiger partial charge in [-0.3, -0.25) is 9.59 Å². The molecule has 2 aliphatic rings. The number of carbonyl (C=O) groups is 2. The Balaban J connectivity index is 1.94. The van der Waals surface area contributed by atoms with E-state index in [1.165, 1.54) is 12.1 Å². The molecule has 2 fully saturated rings. The van der Waals surface area contributed by atoms with Gasteiger partial charge in [-0.1, -0.05) is 12.1 Å². The van der Waals surface area contributed by atoms with Gasteiger partial charge in [-0.15, -0.1) is 0 Å². The topological polar surface area (TPSA) is 49.4 Å². The van der Waals surface area contributed by atoms with Crippen LogP contribution in [0.25, 0.3) is 0 Å². The number of halogens is 1. The van der Waals surface area contributed by atoms with Crippen molar-refractivity contribution in [3.8, 4) is 0 Å². The molecule has 2 amide bonds. The van der Waals surface area contributed by atoms with Crippen LogP contribution in [0.2, 0.25) is 0 Å². The zero-order valence-electron chi connectivity index (χ0n) is 12.2. The largest absolute Gasteiger partial charge is 0.343 e. The van der Waals surface area contributed by atoms with Gasteiger partial charge in [0.25, 0.3) is 0 Å². The maximum Gasteiger partial charge on any atom is 0.246 e. The molecule has 1 N–H and O–H groups in total. The predicted octanol–water partition coefficient (Wildman–Crippen LogP) is 1.84. The van der Waals surface area contributed by atoms with E-state index in [9.17, 15) is 14.0 Å². The summed E-state index contributed by atoms with van der Waals surface area (Å²) in [5.41, 5.74) is -0.118. The van der Waals surface area contributed by atoms with E-state index in [2.05, 4.69) is 5.32 Å². The standard InChI is InChI=1S/C16H19FN2O2/c1-10-14(20)19(9-11-4-3-5-13(17)8-11)16(2,12-6-7-12)15(21)18-10/h3-5,8,10,12H,6-7,9H2,1-2H3,(H,18,21). The first-order valence-corrected chi connectivity index (χ1v) is 7.30. The first kappa shape index (κ1) is 14.0. The Kier molecular flexibility index (Phi) is 3.23. The number of nitrogens with zero attached hydrogens (tertiary/aromatic N) is 1. The zero-order valence-corrected chi connectivity index (χ0v) is 12.2. The highest BCUT2D eigenvalue weighted by Crippen LogP contribution is 2.45. The summed E-state index contributed by atoms with van der Waals surface area (Å²) in [6.45, 7) is 3.77. The summed E-state index contributed by atoms with van der Waals surface area (Å²) in [6.07, 6.45) is 1.90. The quantitative estimate of drug-likeness (QED) is 0.923. The van der Waals surface area contributed by atoms with Crippen LogP contribution in [0.15, 0.2) is 24.3 Å². The van der Waals surface area contributed by atoms with Gasteiger partial charge >= 0.3 is 0 Å². The van der Waals surface area contributed by atoms with E-state index in [-0.39, 0.29) is 30.1 Å².